The number of ether oxygens (including phenoxy) is 2. The van der Waals surface area contributed by atoms with Crippen LogP contribution in [0.15, 0.2) is 0 Å². The van der Waals surface area contributed by atoms with Gasteiger partial charge in [-0.1, -0.05) is 20.3 Å². The number of rotatable bonds is 7. The zero-order valence-corrected chi connectivity index (χ0v) is 10.8. The molecule has 0 spiro atoms. The Hall–Kier alpha value is -0.570. The number of hydrogen-bond acceptors (Lipinski definition) is 3. The monoisotopic (exact) mass is 228 g/mol. The van der Waals surface area contributed by atoms with E-state index in [1.807, 2.05) is 0 Å². The van der Waals surface area contributed by atoms with Gasteiger partial charge in [0, 0.05) is 6.61 Å². The Balaban J connectivity index is 2.33. The highest BCUT2D eigenvalue weighted by Gasteiger charge is 2.40. The molecule has 0 N–H and O–H groups in total. The number of methoxy groups -OCH3 is 1. The summed E-state index contributed by atoms with van der Waals surface area (Å²) in [5, 5.41) is 0. The maximum atomic E-state index is 11.3. The van der Waals surface area contributed by atoms with Crippen LogP contribution in [-0.4, -0.2) is 25.3 Å². The molecule has 1 saturated carbocycles. The number of carbonyl (C=O) groups is 1. The summed E-state index contributed by atoms with van der Waals surface area (Å²) in [6.45, 7) is 5.16. The molecule has 1 fully saturated rings. The highest BCUT2D eigenvalue weighted by Crippen LogP contribution is 2.39. The van der Waals surface area contributed by atoms with Crippen LogP contribution < -0.4 is 0 Å². The van der Waals surface area contributed by atoms with Gasteiger partial charge in [-0.2, -0.15) is 0 Å². The lowest BCUT2D eigenvalue weighted by molar-refractivity contribution is -0.159. The first kappa shape index (κ1) is 13.5. The first-order chi connectivity index (χ1) is 7.62. The first-order valence-electron chi connectivity index (χ1n) is 6.32. The fraction of sp³-hybridized carbons (Fsp3) is 0.923. The molecule has 0 aromatic heterocycles. The Morgan fingerprint density at radius 3 is 2.56 bits per heavy atom. The van der Waals surface area contributed by atoms with Gasteiger partial charge < -0.3 is 9.47 Å². The number of hydrogen-bond donors (Lipinski definition) is 0. The average molecular weight is 228 g/mol. The lowest BCUT2D eigenvalue weighted by Crippen LogP contribution is -2.43. The minimum atomic E-state index is -0.199. The van der Waals surface area contributed by atoms with Gasteiger partial charge in [0.25, 0.3) is 0 Å². The van der Waals surface area contributed by atoms with E-state index >= 15 is 0 Å². The van der Waals surface area contributed by atoms with Crippen molar-refractivity contribution in [3.63, 3.8) is 0 Å². The van der Waals surface area contributed by atoms with Crippen LogP contribution in [0.3, 0.4) is 0 Å². The van der Waals surface area contributed by atoms with Gasteiger partial charge in [0.2, 0.25) is 0 Å². The summed E-state index contributed by atoms with van der Waals surface area (Å²) in [5.41, 5.74) is -0.199. The summed E-state index contributed by atoms with van der Waals surface area (Å²) in [6.07, 6.45) is 5.96. The van der Waals surface area contributed by atoms with Crippen molar-refractivity contribution in [2.24, 2.45) is 5.92 Å². The topological polar surface area (TPSA) is 35.5 Å². The second kappa shape index (κ2) is 6.24. The number of esters is 1. The third-order valence-electron chi connectivity index (χ3n) is 3.41. The Kier molecular flexibility index (Phi) is 5.26. The molecule has 1 atom stereocenters. The van der Waals surface area contributed by atoms with E-state index in [4.69, 9.17) is 9.47 Å². The van der Waals surface area contributed by atoms with Crippen molar-refractivity contribution in [1.82, 2.24) is 0 Å². The van der Waals surface area contributed by atoms with E-state index in [0.717, 1.165) is 19.4 Å². The summed E-state index contributed by atoms with van der Waals surface area (Å²) in [7, 11) is 1.44. The van der Waals surface area contributed by atoms with Gasteiger partial charge in [-0.3, -0.25) is 4.79 Å². The van der Waals surface area contributed by atoms with Crippen molar-refractivity contribution in [2.45, 2.75) is 58.0 Å². The lowest BCUT2D eigenvalue weighted by Gasteiger charge is -2.41. The molecule has 0 bridgehead atoms. The molecule has 0 heterocycles. The van der Waals surface area contributed by atoms with Crippen LogP contribution in [0.5, 0.6) is 0 Å². The van der Waals surface area contributed by atoms with Crippen LogP contribution in [0.1, 0.15) is 52.4 Å². The summed E-state index contributed by atoms with van der Waals surface area (Å²) in [6, 6.07) is 0. The Morgan fingerprint density at radius 2 is 2.12 bits per heavy atom. The van der Waals surface area contributed by atoms with Gasteiger partial charge in [-0.05, 0) is 31.6 Å². The van der Waals surface area contributed by atoms with E-state index in [2.05, 4.69) is 13.8 Å². The lowest BCUT2D eigenvalue weighted by atomic mass is 9.77. The maximum Gasteiger partial charge on any atom is 0.308 e. The molecule has 3 heteroatoms. The average Bonchev–Trinajstić information content (AvgIpc) is 2.22. The molecular formula is C13H24O3. The van der Waals surface area contributed by atoms with Crippen LogP contribution >= 0.6 is 0 Å². The molecule has 0 aromatic carbocycles. The third-order valence-corrected chi connectivity index (χ3v) is 3.41. The quantitative estimate of drug-likeness (QED) is 0.628. The van der Waals surface area contributed by atoms with Crippen LogP contribution in [-0.2, 0) is 14.3 Å². The predicted molar refractivity (Wildman–Crippen MR) is 63.2 cm³/mol. The molecule has 1 aliphatic carbocycles. The van der Waals surface area contributed by atoms with E-state index < -0.39 is 0 Å². The Labute approximate surface area is 98.5 Å². The van der Waals surface area contributed by atoms with Crippen molar-refractivity contribution in [3.8, 4) is 0 Å². The van der Waals surface area contributed by atoms with E-state index in [1.165, 1.54) is 26.4 Å². The van der Waals surface area contributed by atoms with Crippen molar-refractivity contribution >= 4 is 5.97 Å². The van der Waals surface area contributed by atoms with Gasteiger partial charge in [0.15, 0.2) is 0 Å². The van der Waals surface area contributed by atoms with E-state index in [0.29, 0.717) is 12.3 Å². The van der Waals surface area contributed by atoms with Crippen molar-refractivity contribution in [3.05, 3.63) is 0 Å². The summed E-state index contributed by atoms with van der Waals surface area (Å²) in [4.78, 5) is 11.3. The second-order valence-corrected chi connectivity index (χ2v) is 4.99. The highest BCUT2D eigenvalue weighted by atomic mass is 16.5. The van der Waals surface area contributed by atoms with Gasteiger partial charge in [-0.15, -0.1) is 0 Å². The van der Waals surface area contributed by atoms with Crippen LogP contribution in [0.25, 0.3) is 0 Å². The minimum absolute atomic E-state index is 0.150. The fourth-order valence-electron chi connectivity index (χ4n) is 2.17. The Morgan fingerprint density at radius 1 is 1.44 bits per heavy atom. The number of carbonyl (C=O) groups excluding carboxylic acids is 1. The summed E-state index contributed by atoms with van der Waals surface area (Å²) in [5.74, 6) is 0.433. The van der Waals surface area contributed by atoms with Gasteiger partial charge in [0.05, 0.1) is 19.1 Å². The zero-order chi connectivity index (χ0) is 12.0. The molecule has 0 aromatic rings. The fourth-order valence-corrected chi connectivity index (χ4v) is 2.17. The summed E-state index contributed by atoms with van der Waals surface area (Å²) < 4.78 is 10.7. The molecule has 16 heavy (non-hydrogen) atoms. The minimum Gasteiger partial charge on any atom is -0.469 e. The van der Waals surface area contributed by atoms with Gasteiger partial charge >= 0.3 is 5.97 Å². The van der Waals surface area contributed by atoms with Crippen molar-refractivity contribution in [2.75, 3.05) is 13.7 Å². The van der Waals surface area contributed by atoms with Crippen molar-refractivity contribution in [1.29, 1.82) is 0 Å². The largest absolute Gasteiger partial charge is 0.469 e. The smallest absolute Gasteiger partial charge is 0.308 e. The molecule has 1 unspecified atom stereocenters. The summed E-state index contributed by atoms with van der Waals surface area (Å²) >= 11 is 0. The van der Waals surface area contributed by atoms with Crippen LogP contribution in [0.4, 0.5) is 0 Å². The normalized spacial score (nSPS) is 19.9. The van der Waals surface area contributed by atoms with E-state index in [1.54, 1.807) is 0 Å². The molecule has 0 saturated heterocycles. The standard InChI is InChI=1S/C13H24O3/c1-4-6-11(2)10-16-13(7-5-8-13)9-12(14)15-3/h11H,4-10H2,1-3H3. The third kappa shape index (κ3) is 3.78. The molecule has 1 rings (SSSR count). The molecule has 0 radical (unpaired) electrons. The molecule has 94 valence electrons. The SMILES string of the molecule is CCCC(C)COC1(CC(=O)OC)CCC1. The van der Waals surface area contributed by atoms with E-state index in [9.17, 15) is 4.79 Å². The van der Waals surface area contributed by atoms with Gasteiger partial charge in [-0.25, -0.2) is 0 Å². The second-order valence-electron chi connectivity index (χ2n) is 4.99. The molecule has 1 aliphatic rings. The Bertz CT molecular complexity index is 221. The zero-order valence-electron chi connectivity index (χ0n) is 10.8. The van der Waals surface area contributed by atoms with Crippen LogP contribution in [0.2, 0.25) is 0 Å². The molecular weight excluding hydrogens is 204 g/mol. The molecule has 3 nitrogen and oxygen atoms in total. The predicted octanol–water partition coefficient (Wildman–Crippen LogP) is 2.93. The molecule has 0 aliphatic heterocycles. The molecule has 0 amide bonds. The first-order valence-corrected chi connectivity index (χ1v) is 6.32. The van der Waals surface area contributed by atoms with Crippen LogP contribution in [0, 0.1) is 5.92 Å². The van der Waals surface area contributed by atoms with E-state index in [-0.39, 0.29) is 11.6 Å². The van der Waals surface area contributed by atoms with Gasteiger partial charge in [0.1, 0.15) is 0 Å². The maximum absolute atomic E-state index is 11.3. The highest BCUT2D eigenvalue weighted by molar-refractivity contribution is 5.70. The van der Waals surface area contributed by atoms with Crippen molar-refractivity contribution < 1.29 is 14.3 Å².